The molecule has 1 aromatic carbocycles. The molecular weight excluding hydrogens is 338 g/mol. The van der Waals surface area contributed by atoms with Gasteiger partial charge in [0.05, 0.1) is 4.92 Å². The van der Waals surface area contributed by atoms with E-state index in [4.69, 9.17) is 16.9 Å². The standard InChI is InChI=1S/C15H10ClN3O3S/c1-9-4-5-23-14(9)6-10(8-17)15(20)18-11-2-3-12(16)13(7-11)19(21)22/h2-7H,1H3,(H,18,20)/b10-6+. The van der Waals surface area contributed by atoms with Crippen LogP contribution in [0.4, 0.5) is 11.4 Å². The lowest BCUT2D eigenvalue weighted by Crippen LogP contribution is -2.13. The summed E-state index contributed by atoms with van der Waals surface area (Å²) in [7, 11) is 0. The highest BCUT2D eigenvalue weighted by molar-refractivity contribution is 7.11. The van der Waals surface area contributed by atoms with E-state index in [1.807, 2.05) is 24.4 Å². The van der Waals surface area contributed by atoms with Gasteiger partial charge in [0.2, 0.25) is 0 Å². The lowest BCUT2D eigenvalue weighted by molar-refractivity contribution is -0.384. The maximum absolute atomic E-state index is 12.1. The van der Waals surface area contributed by atoms with Gasteiger partial charge >= 0.3 is 0 Å². The van der Waals surface area contributed by atoms with E-state index < -0.39 is 10.8 Å². The molecule has 0 unspecified atom stereocenters. The summed E-state index contributed by atoms with van der Waals surface area (Å²) in [5, 5.41) is 24.3. The number of nitriles is 1. The Morgan fingerprint density at radius 2 is 2.22 bits per heavy atom. The van der Waals surface area contributed by atoms with Crippen LogP contribution in [0.2, 0.25) is 5.02 Å². The number of anilines is 1. The third kappa shape index (κ3) is 3.94. The number of nitro benzene ring substituents is 1. The van der Waals surface area contributed by atoms with Crippen LogP contribution in [0.25, 0.3) is 6.08 Å². The molecule has 2 rings (SSSR count). The second kappa shape index (κ2) is 7.05. The molecule has 116 valence electrons. The van der Waals surface area contributed by atoms with Crippen LogP contribution in [0.1, 0.15) is 10.4 Å². The molecule has 1 aromatic heterocycles. The first kappa shape index (κ1) is 16.7. The predicted molar refractivity (Wildman–Crippen MR) is 89.4 cm³/mol. The van der Waals surface area contributed by atoms with Gasteiger partial charge in [0, 0.05) is 16.6 Å². The minimum atomic E-state index is -0.645. The number of aryl methyl sites for hydroxylation is 1. The highest BCUT2D eigenvalue weighted by Crippen LogP contribution is 2.27. The topological polar surface area (TPSA) is 96.0 Å². The average molecular weight is 348 g/mol. The lowest BCUT2D eigenvalue weighted by Gasteiger charge is -2.05. The normalized spacial score (nSPS) is 10.9. The Labute approximate surface area is 140 Å². The van der Waals surface area contributed by atoms with E-state index >= 15 is 0 Å². The van der Waals surface area contributed by atoms with Crippen LogP contribution in [0.5, 0.6) is 0 Å². The lowest BCUT2D eigenvalue weighted by atomic mass is 10.2. The maximum Gasteiger partial charge on any atom is 0.289 e. The largest absolute Gasteiger partial charge is 0.321 e. The Balaban J connectivity index is 2.26. The van der Waals surface area contributed by atoms with Gasteiger partial charge in [-0.3, -0.25) is 14.9 Å². The highest BCUT2D eigenvalue weighted by Gasteiger charge is 2.16. The second-order valence-corrected chi connectivity index (χ2v) is 5.87. The maximum atomic E-state index is 12.1. The van der Waals surface area contributed by atoms with Crippen LogP contribution in [0.15, 0.2) is 35.2 Å². The van der Waals surface area contributed by atoms with E-state index in [0.717, 1.165) is 16.5 Å². The SMILES string of the molecule is Cc1ccsc1/C=C(\C#N)C(=O)Nc1ccc(Cl)c([N+](=O)[O-])c1. The molecule has 8 heteroatoms. The molecule has 0 saturated carbocycles. The summed E-state index contributed by atoms with van der Waals surface area (Å²) in [6.07, 6.45) is 1.49. The molecule has 1 heterocycles. The first-order valence-corrected chi connectivity index (χ1v) is 7.59. The number of nitrogens with one attached hydrogen (secondary N) is 1. The Hall–Kier alpha value is -2.69. The van der Waals surface area contributed by atoms with Crippen molar-refractivity contribution in [2.75, 3.05) is 5.32 Å². The number of carbonyl (C=O) groups excluding carboxylic acids is 1. The molecule has 0 bridgehead atoms. The number of hydrogen-bond acceptors (Lipinski definition) is 5. The molecule has 0 fully saturated rings. The van der Waals surface area contributed by atoms with Crippen molar-refractivity contribution >= 4 is 46.3 Å². The number of carbonyl (C=O) groups is 1. The smallest absolute Gasteiger partial charge is 0.289 e. The molecule has 0 aliphatic heterocycles. The van der Waals surface area contributed by atoms with E-state index in [-0.39, 0.29) is 22.0 Å². The van der Waals surface area contributed by atoms with Crippen molar-refractivity contribution in [2.24, 2.45) is 0 Å². The van der Waals surface area contributed by atoms with Gasteiger partial charge < -0.3 is 5.32 Å². The van der Waals surface area contributed by atoms with Crippen molar-refractivity contribution < 1.29 is 9.72 Å². The van der Waals surface area contributed by atoms with E-state index in [1.54, 1.807) is 0 Å². The zero-order valence-corrected chi connectivity index (χ0v) is 13.4. The van der Waals surface area contributed by atoms with Gasteiger partial charge in [-0.1, -0.05) is 11.6 Å². The Morgan fingerprint density at radius 1 is 1.48 bits per heavy atom. The van der Waals surface area contributed by atoms with Gasteiger partial charge in [-0.05, 0) is 42.1 Å². The van der Waals surface area contributed by atoms with Crippen molar-refractivity contribution in [1.29, 1.82) is 5.26 Å². The minimum absolute atomic E-state index is 0.0294. The number of halogens is 1. The number of thiophene rings is 1. The summed E-state index contributed by atoms with van der Waals surface area (Å²) in [6.45, 7) is 1.87. The van der Waals surface area contributed by atoms with Crippen LogP contribution in [0.3, 0.4) is 0 Å². The summed E-state index contributed by atoms with van der Waals surface area (Å²) < 4.78 is 0. The van der Waals surface area contributed by atoms with Crippen LogP contribution >= 0.6 is 22.9 Å². The van der Waals surface area contributed by atoms with Crippen molar-refractivity contribution in [3.05, 3.63) is 60.8 Å². The van der Waals surface area contributed by atoms with E-state index in [0.29, 0.717) is 0 Å². The van der Waals surface area contributed by atoms with Crippen LogP contribution in [-0.2, 0) is 4.79 Å². The fraction of sp³-hybridized carbons (Fsp3) is 0.0667. The first-order chi connectivity index (χ1) is 10.9. The highest BCUT2D eigenvalue weighted by atomic mass is 35.5. The summed E-state index contributed by atoms with van der Waals surface area (Å²) in [5.41, 5.74) is 0.738. The molecule has 1 N–H and O–H groups in total. The molecule has 0 radical (unpaired) electrons. The van der Waals surface area contributed by atoms with Gasteiger partial charge in [-0.15, -0.1) is 11.3 Å². The number of amides is 1. The number of rotatable bonds is 4. The molecule has 0 aliphatic rings. The van der Waals surface area contributed by atoms with Crippen molar-refractivity contribution in [3.8, 4) is 6.07 Å². The molecule has 0 saturated heterocycles. The van der Waals surface area contributed by atoms with Crippen molar-refractivity contribution in [1.82, 2.24) is 0 Å². The third-order valence-electron chi connectivity index (χ3n) is 2.94. The van der Waals surface area contributed by atoms with Crippen LogP contribution in [0, 0.1) is 28.4 Å². The second-order valence-electron chi connectivity index (χ2n) is 4.52. The summed E-state index contributed by atoms with van der Waals surface area (Å²) in [5.74, 6) is -0.642. The summed E-state index contributed by atoms with van der Waals surface area (Å²) in [4.78, 5) is 23.2. The fourth-order valence-electron chi connectivity index (χ4n) is 1.74. The predicted octanol–water partition coefficient (Wildman–Crippen LogP) is 4.16. The molecule has 1 amide bonds. The Morgan fingerprint density at radius 3 is 2.78 bits per heavy atom. The number of nitro groups is 1. The van der Waals surface area contributed by atoms with Crippen LogP contribution < -0.4 is 5.32 Å². The van der Waals surface area contributed by atoms with Gasteiger partial charge in [0.15, 0.2) is 0 Å². The van der Waals surface area contributed by atoms with Crippen LogP contribution in [-0.4, -0.2) is 10.8 Å². The van der Waals surface area contributed by atoms with Gasteiger partial charge in [0.25, 0.3) is 11.6 Å². The zero-order valence-electron chi connectivity index (χ0n) is 11.9. The van der Waals surface area contributed by atoms with E-state index in [1.165, 1.54) is 29.5 Å². The van der Waals surface area contributed by atoms with Gasteiger partial charge in [0.1, 0.15) is 16.7 Å². The molecule has 2 aromatic rings. The molecule has 0 atom stereocenters. The quantitative estimate of drug-likeness (QED) is 0.388. The first-order valence-electron chi connectivity index (χ1n) is 6.33. The molecule has 0 aliphatic carbocycles. The number of hydrogen-bond donors (Lipinski definition) is 1. The van der Waals surface area contributed by atoms with E-state index in [9.17, 15) is 14.9 Å². The summed E-state index contributed by atoms with van der Waals surface area (Å²) >= 11 is 7.12. The zero-order chi connectivity index (χ0) is 17.0. The van der Waals surface area contributed by atoms with Crippen molar-refractivity contribution in [3.63, 3.8) is 0 Å². The fourth-order valence-corrected chi connectivity index (χ4v) is 2.79. The summed E-state index contributed by atoms with van der Waals surface area (Å²) in [6, 6.07) is 7.60. The molecule has 6 nitrogen and oxygen atoms in total. The Bertz CT molecular complexity index is 852. The monoisotopic (exact) mass is 347 g/mol. The average Bonchev–Trinajstić information content (AvgIpc) is 2.91. The van der Waals surface area contributed by atoms with Crippen molar-refractivity contribution in [2.45, 2.75) is 6.92 Å². The number of benzene rings is 1. The van der Waals surface area contributed by atoms with E-state index in [2.05, 4.69) is 5.32 Å². The number of nitrogens with zero attached hydrogens (tertiary/aromatic N) is 2. The third-order valence-corrected chi connectivity index (χ3v) is 4.23. The Kier molecular flexibility index (Phi) is 5.11. The van der Waals surface area contributed by atoms with Gasteiger partial charge in [-0.25, -0.2) is 0 Å². The molecule has 0 spiro atoms. The van der Waals surface area contributed by atoms with Gasteiger partial charge in [-0.2, -0.15) is 5.26 Å². The molecule has 23 heavy (non-hydrogen) atoms. The minimum Gasteiger partial charge on any atom is -0.321 e. The molecular formula is C15H10ClN3O3S.